The Morgan fingerprint density at radius 3 is 2.40 bits per heavy atom. The van der Waals surface area contributed by atoms with Crippen molar-refractivity contribution in [1.29, 1.82) is 0 Å². The largest absolute Gasteiger partial charge is 0.493 e. The zero-order chi connectivity index (χ0) is 35.4. The fourth-order valence-corrected chi connectivity index (χ4v) is 8.65. The van der Waals surface area contributed by atoms with Crippen molar-refractivity contribution in [2.45, 2.75) is 57.3 Å². The van der Waals surface area contributed by atoms with Gasteiger partial charge in [0.05, 0.1) is 23.7 Å². The molecule has 8 heteroatoms. The minimum atomic E-state index is -0.397. The SMILES string of the molecule is Cc1ccc(OCc2ccc(OC(=O)c3ccc4cc(OCCCOC5CO5)ccc4c3)c(SC(=C3CCC3)c3cc4ccccc4s3)c2C)cc1. The Balaban J connectivity index is 1.05. The number of thiophene rings is 1. The van der Waals surface area contributed by atoms with Crippen molar-refractivity contribution in [1.82, 2.24) is 0 Å². The molecule has 1 saturated carbocycles. The quantitative estimate of drug-likeness (QED) is 0.0364. The van der Waals surface area contributed by atoms with E-state index in [4.69, 9.17) is 23.7 Å². The lowest BCUT2D eigenvalue weighted by Gasteiger charge is -2.23. The molecule has 0 spiro atoms. The summed E-state index contributed by atoms with van der Waals surface area (Å²) in [6.07, 6.45) is 4.10. The highest BCUT2D eigenvalue weighted by molar-refractivity contribution is 8.08. The van der Waals surface area contributed by atoms with E-state index < -0.39 is 5.97 Å². The van der Waals surface area contributed by atoms with Crippen LogP contribution in [0.3, 0.4) is 0 Å². The van der Waals surface area contributed by atoms with Gasteiger partial charge in [-0.2, -0.15) is 0 Å². The molecule has 1 unspecified atom stereocenters. The number of benzene rings is 5. The second-order valence-corrected chi connectivity index (χ2v) is 15.4. The monoisotopic (exact) mass is 728 g/mol. The maximum atomic E-state index is 13.8. The third kappa shape index (κ3) is 8.06. The smallest absolute Gasteiger partial charge is 0.343 e. The zero-order valence-corrected chi connectivity index (χ0v) is 30.9. The lowest BCUT2D eigenvalue weighted by molar-refractivity contribution is 0.0435. The fourth-order valence-electron chi connectivity index (χ4n) is 6.14. The van der Waals surface area contributed by atoms with Crippen LogP contribution in [0.1, 0.15) is 57.6 Å². The van der Waals surface area contributed by atoms with Gasteiger partial charge < -0.3 is 23.7 Å². The van der Waals surface area contributed by atoms with Gasteiger partial charge >= 0.3 is 5.97 Å². The maximum Gasteiger partial charge on any atom is 0.343 e. The van der Waals surface area contributed by atoms with Crippen LogP contribution in [-0.2, 0) is 16.1 Å². The van der Waals surface area contributed by atoms with Crippen molar-refractivity contribution in [2.24, 2.45) is 0 Å². The first-order valence-electron chi connectivity index (χ1n) is 17.8. The highest BCUT2D eigenvalue weighted by Gasteiger charge is 2.24. The summed E-state index contributed by atoms with van der Waals surface area (Å²) in [6, 6.07) is 34.4. The Kier molecular flexibility index (Phi) is 10.3. The lowest BCUT2D eigenvalue weighted by Crippen LogP contribution is -2.10. The van der Waals surface area contributed by atoms with Crippen LogP contribution in [-0.4, -0.2) is 32.1 Å². The Labute approximate surface area is 312 Å². The molecule has 1 aliphatic heterocycles. The molecule has 2 aliphatic rings. The summed E-state index contributed by atoms with van der Waals surface area (Å²) in [5.74, 6) is 1.75. The average molecular weight is 729 g/mol. The molecule has 1 atom stereocenters. The molecular weight excluding hydrogens is 689 g/mol. The van der Waals surface area contributed by atoms with Gasteiger partial charge in [-0.25, -0.2) is 4.79 Å². The average Bonchev–Trinajstić information content (AvgIpc) is 3.86. The van der Waals surface area contributed by atoms with E-state index in [2.05, 4.69) is 56.3 Å². The molecule has 0 radical (unpaired) electrons. The van der Waals surface area contributed by atoms with Gasteiger partial charge in [0.1, 0.15) is 30.5 Å². The number of hydrogen-bond donors (Lipinski definition) is 0. The first kappa shape index (κ1) is 34.5. The van der Waals surface area contributed by atoms with Gasteiger partial charge in [-0.1, -0.05) is 71.4 Å². The van der Waals surface area contributed by atoms with E-state index in [1.54, 1.807) is 11.8 Å². The minimum Gasteiger partial charge on any atom is -0.493 e. The number of carbonyl (C=O) groups is 1. The first-order valence-corrected chi connectivity index (χ1v) is 19.4. The third-order valence-corrected chi connectivity index (χ3v) is 12.1. The van der Waals surface area contributed by atoms with Crippen molar-refractivity contribution in [3.63, 3.8) is 0 Å². The fraction of sp³-hybridized carbons (Fsp3) is 0.250. The Morgan fingerprint density at radius 2 is 1.62 bits per heavy atom. The number of epoxide rings is 1. The lowest BCUT2D eigenvalue weighted by atomic mass is 9.92. The van der Waals surface area contributed by atoms with Crippen LogP contribution in [0.25, 0.3) is 25.8 Å². The highest BCUT2D eigenvalue weighted by Crippen LogP contribution is 2.50. The summed E-state index contributed by atoms with van der Waals surface area (Å²) in [4.78, 5) is 17.3. The number of carbonyl (C=O) groups excluding carboxylic acids is 1. The van der Waals surface area contributed by atoms with Crippen molar-refractivity contribution in [2.75, 3.05) is 19.8 Å². The number of esters is 1. The third-order valence-electron chi connectivity index (χ3n) is 9.44. The molecule has 264 valence electrons. The number of hydrogen-bond acceptors (Lipinski definition) is 8. The Morgan fingerprint density at radius 1 is 0.827 bits per heavy atom. The van der Waals surface area contributed by atoms with E-state index in [0.29, 0.717) is 37.7 Å². The minimum absolute atomic E-state index is 0.0337. The van der Waals surface area contributed by atoms with Crippen molar-refractivity contribution < 1.29 is 28.5 Å². The summed E-state index contributed by atoms with van der Waals surface area (Å²) >= 11 is 3.54. The summed E-state index contributed by atoms with van der Waals surface area (Å²) in [5, 5.41) is 3.17. The van der Waals surface area contributed by atoms with Crippen molar-refractivity contribution in [3.05, 3.63) is 136 Å². The first-order chi connectivity index (χ1) is 25.5. The highest BCUT2D eigenvalue weighted by atomic mass is 32.2. The van der Waals surface area contributed by atoms with Crippen molar-refractivity contribution >= 4 is 54.8 Å². The number of fused-ring (bicyclic) bond motifs is 2. The van der Waals surface area contributed by atoms with Crippen LogP contribution < -0.4 is 14.2 Å². The van der Waals surface area contributed by atoms with E-state index in [-0.39, 0.29) is 6.29 Å². The van der Waals surface area contributed by atoms with Gasteiger partial charge in [-0.3, -0.25) is 0 Å². The summed E-state index contributed by atoms with van der Waals surface area (Å²) in [5.41, 5.74) is 5.22. The maximum absolute atomic E-state index is 13.8. The molecule has 0 amide bonds. The molecule has 52 heavy (non-hydrogen) atoms. The van der Waals surface area contributed by atoms with E-state index in [1.807, 2.05) is 72.0 Å². The van der Waals surface area contributed by atoms with E-state index in [0.717, 1.165) is 57.6 Å². The van der Waals surface area contributed by atoms with Crippen LogP contribution in [0.5, 0.6) is 17.2 Å². The predicted octanol–water partition coefficient (Wildman–Crippen LogP) is 11.3. The van der Waals surface area contributed by atoms with Crippen molar-refractivity contribution in [3.8, 4) is 17.2 Å². The molecule has 8 rings (SSSR count). The Bertz CT molecular complexity index is 2230. The van der Waals surface area contributed by atoms with Gasteiger partial charge in [-0.05, 0) is 115 Å². The molecule has 1 saturated heterocycles. The van der Waals surface area contributed by atoms with Crippen LogP contribution >= 0.6 is 23.1 Å². The Hall–Kier alpha value is -4.60. The number of thioether (sulfide) groups is 1. The predicted molar refractivity (Wildman–Crippen MR) is 210 cm³/mol. The molecule has 2 fully saturated rings. The molecule has 0 N–H and O–H groups in total. The van der Waals surface area contributed by atoms with Gasteiger partial charge in [0.15, 0.2) is 6.29 Å². The number of rotatable bonds is 14. The molecule has 5 aromatic carbocycles. The number of allylic oxidation sites excluding steroid dienone is 1. The van der Waals surface area contributed by atoms with Gasteiger partial charge in [0, 0.05) is 20.9 Å². The summed E-state index contributed by atoms with van der Waals surface area (Å²) in [6.45, 7) is 6.43. The summed E-state index contributed by atoms with van der Waals surface area (Å²) in [7, 11) is 0. The molecule has 1 aliphatic carbocycles. The van der Waals surface area contributed by atoms with E-state index >= 15 is 0 Å². The van der Waals surface area contributed by atoms with E-state index in [1.165, 1.54) is 37.4 Å². The second kappa shape index (κ2) is 15.6. The van der Waals surface area contributed by atoms with E-state index in [9.17, 15) is 4.79 Å². The number of aryl methyl sites for hydroxylation is 1. The summed E-state index contributed by atoms with van der Waals surface area (Å²) < 4.78 is 30.3. The molecular formula is C44H40O6S2. The topological polar surface area (TPSA) is 66.5 Å². The second-order valence-electron chi connectivity index (χ2n) is 13.3. The van der Waals surface area contributed by atoms with Crippen LogP contribution in [0.2, 0.25) is 0 Å². The number of ether oxygens (including phenoxy) is 5. The molecule has 6 aromatic rings. The van der Waals surface area contributed by atoms with Crippen LogP contribution in [0, 0.1) is 13.8 Å². The standard InChI is InChI=1S/C44H40O6S2/c1-28-11-17-36(18-12-28)48-26-35-16-20-38(42(29(35)2)52-43(30-8-5-9-30)40-25-33-7-3-4-10-39(33)51-40)50-44(45)34-14-13-32-24-37(19-15-31(32)23-34)46-21-6-22-47-41-27-49-41/h3-4,7,10-20,23-25,41H,5-6,8-9,21-22,26-27H2,1-2H3. The molecule has 0 bridgehead atoms. The molecule has 6 nitrogen and oxygen atoms in total. The zero-order valence-electron chi connectivity index (χ0n) is 29.3. The molecule has 2 heterocycles. The van der Waals surface area contributed by atoms with Crippen LogP contribution in [0.4, 0.5) is 0 Å². The van der Waals surface area contributed by atoms with Crippen LogP contribution in [0.15, 0.2) is 114 Å². The van der Waals surface area contributed by atoms with Gasteiger partial charge in [-0.15, -0.1) is 11.3 Å². The van der Waals surface area contributed by atoms with Gasteiger partial charge in [0.25, 0.3) is 0 Å². The normalized spacial score (nSPS) is 15.0. The molecule has 1 aromatic heterocycles. The van der Waals surface area contributed by atoms with Gasteiger partial charge in [0.2, 0.25) is 0 Å².